The maximum absolute atomic E-state index is 12.3. The third-order valence-electron chi connectivity index (χ3n) is 5.89. The second kappa shape index (κ2) is 7.40. The molecule has 2 aliphatic heterocycles. The van der Waals surface area contributed by atoms with Gasteiger partial charge < -0.3 is 4.90 Å². The average Bonchev–Trinajstić information content (AvgIpc) is 2.76. The molecule has 2 bridgehead atoms. The zero-order valence-corrected chi connectivity index (χ0v) is 15.3. The van der Waals surface area contributed by atoms with Crippen LogP contribution in [0, 0.1) is 11.8 Å². The minimum atomic E-state index is 0.194. The zero-order valence-electron chi connectivity index (χ0n) is 14.5. The third-order valence-corrected chi connectivity index (χ3v) is 7.01. The molecule has 1 aliphatic carbocycles. The first-order valence-electron chi connectivity index (χ1n) is 9.61. The summed E-state index contributed by atoms with van der Waals surface area (Å²) in [6, 6.07) is 7.95. The maximum atomic E-state index is 12.3. The van der Waals surface area contributed by atoms with Crippen molar-refractivity contribution in [1.29, 1.82) is 0 Å². The summed E-state index contributed by atoms with van der Waals surface area (Å²) in [6.07, 6.45) is 9.50. The summed E-state index contributed by atoms with van der Waals surface area (Å²) in [5, 5.41) is 0.877. The fourth-order valence-corrected chi connectivity index (χ4v) is 5.55. The Bertz CT molecular complexity index is 713. The van der Waals surface area contributed by atoms with Crippen LogP contribution in [0.2, 0.25) is 0 Å². The van der Waals surface area contributed by atoms with E-state index in [1.54, 1.807) is 11.5 Å². The lowest BCUT2D eigenvalue weighted by molar-refractivity contribution is 0.246. The summed E-state index contributed by atoms with van der Waals surface area (Å²) in [7, 11) is 0. The Morgan fingerprint density at radius 3 is 2.29 bits per heavy atom. The topological polar surface area (TPSA) is 25.2 Å². The molecular formula is C20H28N2OS. The molecule has 3 heterocycles. The Balaban J connectivity index is 1.23. The van der Waals surface area contributed by atoms with E-state index < -0.39 is 0 Å². The summed E-state index contributed by atoms with van der Waals surface area (Å²) in [5.74, 6) is 1.95. The molecule has 1 saturated carbocycles. The van der Waals surface area contributed by atoms with E-state index in [1.807, 2.05) is 28.2 Å². The average molecular weight is 345 g/mol. The van der Waals surface area contributed by atoms with Crippen molar-refractivity contribution in [3.05, 3.63) is 34.6 Å². The second-order valence-electron chi connectivity index (χ2n) is 7.70. The van der Waals surface area contributed by atoms with Crippen LogP contribution < -0.4 is 5.56 Å². The predicted molar refractivity (Wildman–Crippen MR) is 102 cm³/mol. The molecular weight excluding hydrogens is 316 g/mol. The normalized spacial score (nSPS) is 24.5. The van der Waals surface area contributed by atoms with Gasteiger partial charge in [0.15, 0.2) is 0 Å². The lowest BCUT2D eigenvalue weighted by atomic mass is 9.84. The minimum absolute atomic E-state index is 0.194. The van der Waals surface area contributed by atoms with Crippen LogP contribution in [0.25, 0.3) is 10.1 Å². The van der Waals surface area contributed by atoms with Gasteiger partial charge >= 0.3 is 0 Å². The first-order chi connectivity index (χ1) is 11.8. The fourth-order valence-electron chi connectivity index (χ4n) is 4.52. The van der Waals surface area contributed by atoms with Gasteiger partial charge in [-0.15, -0.1) is 0 Å². The van der Waals surface area contributed by atoms with Gasteiger partial charge in [0, 0.05) is 19.6 Å². The lowest BCUT2D eigenvalue weighted by Crippen LogP contribution is -2.29. The van der Waals surface area contributed by atoms with E-state index in [9.17, 15) is 4.79 Å². The summed E-state index contributed by atoms with van der Waals surface area (Å²) in [5.41, 5.74) is 0.194. The van der Waals surface area contributed by atoms with E-state index in [0.717, 1.165) is 34.9 Å². The molecule has 0 unspecified atom stereocenters. The number of hydrogen-bond acceptors (Lipinski definition) is 3. The monoisotopic (exact) mass is 344 g/mol. The standard InChI is InChI=1S/C20H28N2OS/c23-20-18-6-2-3-7-19(18)24-22(20)13-5-1-4-12-21-14-16-8-9-17(15-21)11-10-16/h2-3,6-7,16-17H,1,4-5,8-15H2. The highest BCUT2D eigenvalue weighted by Gasteiger charge is 2.28. The number of nitrogens with zero attached hydrogens (tertiary/aromatic N) is 2. The van der Waals surface area contributed by atoms with Gasteiger partial charge in [-0.2, -0.15) is 0 Å². The van der Waals surface area contributed by atoms with Gasteiger partial charge in [-0.25, -0.2) is 0 Å². The molecule has 3 nitrogen and oxygen atoms in total. The summed E-state index contributed by atoms with van der Waals surface area (Å²) in [4.78, 5) is 15.0. The van der Waals surface area contributed by atoms with Crippen LogP contribution in [0.15, 0.2) is 29.1 Å². The van der Waals surface area contributed by atoms with E-state index >= 15 is 0 Å². The summed E-state index contributed by atoms with van der Waals surface area (Å²) in [6.45, 7) is 4.82. The SMILES string of the molecule is O=c1c2ccccc2sn1CCCCCN1CC2CCC(CC2)C1. The molecule has 3 aliphatic rings. The molecule has 4 heteroatoms. The van der Waals surface area contributed by atoms with Crippen LogP contribution in [0.5, 0.6) is 0 Å². The van der Waals surface area contributed by atoms with E-state index in [-0.39, 0.29) is 5.56 Å². The lowest BCUT2D eigenvalue weighted by Gasteiger charge is -2.22. The zero-order chi connectivity index (χ0) is 16.4. The van der Waals surface area contributed by atoms with E-state index in [0.29, 0.717) is 0 Å². The highest BCUT2D eigenvalue weighted by molar-refractivity contribution is 7.13. The summed E-state index contributed by atoms with van der Waals surface area (Å²) >= 11 is 1.62. The van der Waals surface area contributed by atoms with Crippen LogP contribution >= 0.6 is 11.5 Å². The number of fused-ring (bicyclic) bond motifs is 5. The molecule has 0 N–H and O–H groups in total. The number of rotatable bonds is 6. The predicted octanol–water partition coefficient (Wildman–Crippen LogP) is 4.36. The molecule has 2 aromatic rings. The molecule has 2 saturated heterocycles. The van der Waals surface area contributed by atoms with Crippen molar-refractivity contribution in [1.82, 2.24) is 8.86 Å². The van der Waals surface area contributed by atoms with Crippen LogP contribution in [-0.2, 0) is 6.54 Å². The number of benzene rings is 1. The van der Waals surface area contributed by atoms with Crippen molar-refractivity contribution in [2.75, 3.05) is 19.6 Å². The van der Waals surface area contributed by atoms with Crippen molar-refractivity contribution in [2.24, 2.45) is 11.8 Å². The Morgan fingerprint density at radius 1 is 0.917 bits per heavy atom. The van der Waals surface area contributed by atoms with Crippen molar-refractivity contribution in [3.8, 4) is 0 Å². The number of aryl methyl sites for hydroxylation is 1. The van der Waals surface area contributed by atoms with Gasteiger partial charge in [0.1, 0.15) is 0 Å². The second-order valence-corrected chi connectivity index (χ2v) is 8.76. The minimum Gasteiger partial charge on any atom is -0.303 e. The molecule has 0 radical (unpaired) electrons. The van der Waals surface area contributed by atoms with Crippen LogP contribution in [0.4, 0.5) is 0 Å². The first-order valence-corrected chi connectivity index (χ1v) is 10.4. The Morgan fingerprint density at radius 2 is 1.58 bits per heavy atom. The highest BCUT2D eigenvalue weighted by Crippen LogP contribution is 2.33. The molecule has 1 aromatic heterocycles. The quantitative estimate of drug-likeness (QED) is 0.728. The molecule has 130 valence electrons. The molecule has 24 heavy (non-hydrogen) atoms. The molecule has 0 atom stereocenters. The molecule has 0 spiro atoms. The number of unbranched alkanes of at least 4 members (excludes halogenated alkanes) is 2. The molecule has 0 amide bonds. The Kier molecular flexibility index (Phi) is 5.04. The first kappa shape index (κ1) is 16.3. The van der Waals surface area contributed by atoms with Gasteiger partial charge in [-0.1, -0.05) is 30.1 Å². The van der Waals surface area contributed by atoms with Gasteiger partial charge in [0.2, 0.25) is 0 Å². The third kappa shape index (κ3) is 3.60. The van der Waals surface area contributed by atoms with Gasteiger partial charge in [-0.3, -0.25) is 8.75 Å². The summed E-state index contributed by atoms with van der Waals surface area (Å²) < 4.78 is 3.05. The van der Waals surface area contributed by atoms with E-state index in [2.05, 4.69) is 4.90 Å². The highest BCUT2D eigenvalue weighted by atomic mass is 32.1. The van der Waals surface area contributed by atoms with Crippen molar-refractivity contribution >= 4 is 21.6 Å². The van der Waals surface area contributed by atoms with Gasteiger partial charge in [-0.05, 0) is 69.0 Å². The van der Waals surface area contributed by atoms with E-state index in [4.69, 9.17) is 0 Å². The molecule has 5 rings (SSSR count). The Labute approximate surface area is 148 Å². The molecule has 1 aromatic carbocycles. The number of hydrogen-bond donors (Lipinski definition) is 0. The van der Waals surface area contributed by atoms with Crippen LogP contribution in [0.1, 0.15) is 44.9 Å². The smallest absolute Gasteiger partial charge is 0.268 e. The van der Waals surface area contributed by atoms with Gasteiger partial charge in [0.25, 0.3) is 5.56 Å². The molecule has 3 fully saturated rings. The Hall–Kier alpha value is -1.13. The van der Waals surface area contributed by atoms with Crippen molar-refractivity contribution in [3.63, 3.8) is 0 Å². The largest absolute Gasteiger partial charge is 0.303 e. The van der Waals surface area contributed by atoms with Crippen LogP contribution in [-0.4, -0.2) is 28.5 Å². The fraction of sp³-hybridized carbons (Fsp3) is 0.650. The van der Waals surface area contributed by atoms with Crippen molar-refractivity contribution < 1.29 is 0 Å². The maximum Gasteiger partial charge on any atom is 0.268 e. The van der Waals surface area contributed by atoms with E-state index in [1.165, 1.54) is 58.2 Å². The van der Waals surface area contributed by atoms with Crippen LogP contribution in [0.3, 0.4) is 0 Å². The number of aromatic nitrogens is 1. The van der Waals surface area contributed by atoms with Crippen molar-refractivity contribution in [2.45, 2.75) is 51.5 Å². The van der Waals surface area contributed by atoms with Gasteiger partial charge in [0.05, 0.1) is 10.1 Å².